The Labute approximate surface area is 150 Å². The second-order valence-corrected chi connectivity index (χ2v) is 7.59. The molecule has 1 fully saturated rings. The topological polar surface area (TPSA) is 67.2 Å². The summed E-state index contributed by atoms with van der Waals surface area (Å²) in [6.07, 6.45) is 3.92. The van der Waals surface area contributed by atoms with E-state index in [1.807, 2.05) is 33.3 Å². The number of rotatable bonds is 4. The van der Waals surface area contributed by atoms with Crippen LogP contribution in [-0.2, 0) is 31.4 Å². The summed E-state index contributed by atoms with van der Waals surface area (Å²) in [4.78, 5) is 31.2. The van der Waals surface area contributed by atoms with Crippen LogP contribution in [0.4, 0.5) is 0 Å². The Hall–Kier alpha value is -2.15. The Morgan fingerprint density at radius 2 is 2.24 bits per heavy atom. The number of nitrogens with zero attached hydrogens (tertiary/aromatic N) is 3. The van der Waals surface area contributed by atoms with Crippen LogP contribution in [0.5, 0.6) is 0 Å². The third-order valence-electron chi connectivity index (χ3n) is 5.30. The van der Waals surface area contributed by atoms with E-state index in [-0.39, 0.29) is 17.7 Å². The lowest BCUT2D eigenvalue weighted by atomic mass is 9.85. The normalized spacial score (nSPS) is 17.1. The molecule has 6 nitrogen and oxygen atoms in total. The highest BCUT2D eigenvalue weighted by molar-refractivity contribution is 7.08. The maximum atomic E-state index is 12.6. The summed E-state index contributed by atoms with van der Waals surface area (Å²) in [5, 5.41) is 6.82. The molecule has 0 bridgehead atoms. The molecule has 0 atom stereocenters. The monoisotopic (exact) mass is 358 g/mol. The molecule has 0 radical (unpaired) electrons. The van der Waals surface area contributed by atoms with E-state index in [0.717, 1.165) is 48.5 Å². The fourth-order valence-electron chi connectivity index (χ4n) is 3.42. The zero-order chi connectivity index (χ0) is 17.4. The SMILES string of the molecule is Cn1c(CNC(=O)C2CCC2)nc2c1CN(C(=O)c1ccsc1)CC2. The first kappa shape index (κ1) is 16.3. The summed E-state index contributed by atoms with van der Waals surface area (Å²) in [7, 11) is 1.97. The molecular formula is C18H22N4O2S. The lowest BCUT2D eigenvalue weighted by molar-refractivity contribution is -0.127. The van der Waals surface area contributed by atoms with Gasteiger partial charge in [-0.05, 0) is 24.3 Å². The van der Waals surface area contributed by atoms with E-state index in [2.05, 4.69) is 5.32 Å². The Balaban J connectivity index is 1.44. The second kappa shape index (κ2) is 6.63. The first-order valence-corrected chi connectivity index (χ1v) is 9.70. The smallest absolute Gasteiger partial charge is 0.255 e. The zero-order valence-electron chi connectivity index (χ0n) is 14.3. The minimum Gasteiger partial charge on any atom is -0.349 e. The Bertz CT molecular complexity index is 792. The molecule has 0 saturated heterocycles. The van der Waals surface area contributed by atoms with Gasteiger partial charge in [0.2, 0.25) is 5.91 Å². The summed E-state index contributed by atoms with van der Waals surface area (Å²) in [6.45, 7) is 1.72. The minimum atomic E-state index is 0.0768. The van der Waals surface area contributed by atoms with Gasteiger partial charge in [0, 0.05) is 31.3 Å². The van der Waals surface area contributed by atoms with Crippen molar-refractivity contribution in [3.8, 4) is 0 Å². The van der Waals surface area contributed by atoms with Gasteiger partial charge in [-0.2, -0.15) is 11.3 Å². The molecule has 1 aliphatic carbocycles. The summed E-state index contributed by atoms with van der Waals surface area (Å²) in [6, 6.07) is 1.87. The lowest BCUT2D eigenvalue weighted by Gasteiger charge is -2.27. The number of fused-ring (bicyclic) bond motifs is 1. The molecule has 0 unspecified atom stereocenters. The van der Waals surface area contributed by atoms with Crippen LogP contribution in [0.3, 0.4) is 0 Å². The van der Waals surface area contributed by atoms with E-state index < -0.39 is 0 Å². The van der Waals surface area contributed by atoms with Crippen LogP contribution in [0.2, 0.25) is 0 Å². The number of hydrogen-bond donors (Lipinski definition) is 1. The lowest BCUT2D eigenvalue weighted by Crippen LogP contribution is -2.36. The van der Waals surface area contributed by atoms with Crippen molar-refractivity contribution in [3.63, 3.8) is 0 Å². The van der Waals surface area contributed by atoms with E-state index in [1.165, 1.54) is 11.3 Å². The Kier molecular flexibility index (Phi) is 4.33. The van der Waals surface area contributed by atoms with Gasteiger partial charge in [0.25, 0.3) is 5.91 Å². The van der Waals surface area contributed by atoms with Crippen molar-refractivity contribution in [3.05, 3.63) is 39.6 Å². The molecule has 3 heterocycles. The quantitative estimate of drug-likeness (QED) is 0.910. The van der Waals surface area contributed by atoms with Crippen molar-refractivity contribution in [2.24, 2.45) is 13.0 Å². The third kappa shape index (κ3) is 3.08. The number of hydrogen-bond acceptors (Lipinski definition) is 4. The average molecular weight is 358 g/mol. The van der Waals surface area contributed by atoms with Crippen molar-refractivity contribution in [2.75, 3.05) is 6.54 Å². The molecule has 2 aliphatic rings. The van der Waals surface area contributed by atoms with E-state index >= 15 is 0 Å². The van der Waals surface area contributed by atoms with Crippen molar-refractivity contribution in [1.82, 2.24) is 19.8 Å². The highest BCUT2D eigenvalue weighted by Gasteiger charge is 2.28. The molecule has 2 amide bonds. The molecule has 1 saturated carbocycles. The van der Waals surface area contributed by atoms with Gasteiger partial charge >= 0.3 is 0 Å². The molecule has 0 aromatic carbocycles. The summed E-state index contributed by atoms with van der Waals surface area (Å²) in [5.41, 5.74) is 2.87. The number of carbonyl (C=O) groups excluding carboxylic acids is 2. The second-order valence-electron chi connectivity index (χ2n) is 6.81. The average Bonchev–Trinajstić information content (AvgIpc) is 3.19. The van der Waals surface area contributed by atoms with E-state index in [1.54, 1.807) is 0 Å². The molecule has 25 heavy (non-hydrogen) atoms. The van der Waals surface area contributed by atoms with Crippen LogP contribution < -0.4 is 5.32 Å². The van der Waals surface area contributed by atoms with Crippen LogP contribution in [0.25, 0.3) is 0 Å². The van der Waals surface area contributed by atoms with E-state index in [9.17, 15) is 9.59 Å². The van der Waals surface area contributed by atoms with Crippen LogP contribution >= 0.6 is 11.3 Å². The van der Waals surface area contributed by atoms with E-state index in [4.69, 9.17) is 4.98 Å². The van der Waals surface area contributed by atoms with Crippen molar-refractivity contribution < 1.29 is 9.59 Å². The molecule has 132 valence electrons. The van der Waals surface area contributed by atoms with Crippen molar-refractivity contribution in [1.29, 1.82) is 0 Å². The molecule has 2 aromatic heterocycles. The van der Waals surface area contributed by atoms with Crippen molar-refractivity contribution >= 4 is 23.2 Å². The summed E-state index contributed by atoms with van der Waals surface area (Å²) < 4.78 is 2.03. The maximum Gasteiger partial charge on any atom is 0.255 e. The Morgan fingerprint density at radius 1 is 1.40 bits per heavy atom. The Morgan fingerprint density at radius 3 is 2.92 bits per heavy atom. The van der Waals surface area contributed by atoms with Gasteiger partial charge in [-0.25, -0.2) is 4.98 Å². The minimum absolute atomic E-state index is 0.0768. The number of aromatic nitrogens is 2. The van der Waals surface area contributed by atoms with Gasteiger partial charge in [-0.1, -0.05) is 6.42 Å². The summed E-state index contributed by atoms with van der Waals surface area (Å²) in [5.74, 6) is 1.27. The van der Waals surface area contributed by atoms with Gasteiger partial charge in [0.15, 0.2) is 0 Å². The first-order chi connectivity index (χ1) is 12.1. The highest BCUT2D eigenvalue weighted by atomic mass is 32.1. The van der Waals surface area contributed by atoms with Gasteiger partial charge in [-0.15, -0.1) is 0 Å². The van der Waals surface area contributed by atoms with E-state index in [0.29, 0.717) is 19.6 Å². The molecule has 1 N–H and O–H groups in total. The van der Waals surface area contributed by atoms with Gasteiger partial charge < -0.3 is 14.8 Å². The number of amides is 2. The summed E-state index contributed by atoms with van der Waals surface area (Å²) >= 11 is 1.54. The molecule has 7 heteroatoms. The third-order valence-corrected chi connectivity index (χ3v) is 5.98. The number of imidazole rings is 1. The van der Waals surface area contributed by atoms with Crippen molar-refractivity contribution in [2.45, 2.75) is 38.8 Å². The number of nitrogens with one attached hydrogen (secondary N) is 1. The predicted molar refractivity (Wildman–Crippen MR) is 95.2 cm³/mol. The largest absolute Gasteiger partial charge is 0.349 e. The molecule has 4 rings (SSSR count). The number of carbonyl (C=O) groups is 2. The molecule has 0 spiro atoms. The molecule has 2 aromatic rings. The zero-order valence-corrected chi connectivity index (χ0v) is 15.1. The van der Waals surface area contributed by atoms with Crippen LogP contribution in [0.15, 0.2) is 16.8 Å². The maximum absolute atomic E-state index is 12.6. The van der Waals surface area contributed by atoms with Crippen LogP contribution in [-0.4, -0.2) is 32.8 Å². The van der Waals surface area contributed by atoms with Crippen LogP contribution in [0.1, 0.15) is 46.8 Å². The fourth-order valence-corrected chi connectivity index (χ4v) is 4.05. The first-order valence-electron chi connectivity index (χ1n) is 8.76. The molecular weight excluding hydrogens is 336 g/mol. The number of thiophene rings is 1. The molecule has 1 aliphatic heterocycles. The highest BCUT2D eigenvalue weighted by Crippen LogP contribution is 2.26. The van der Waals surface area contributed by atoms with Gasteiger partial charge in [0.05, 0.1) is 30.0 Å². The van der Waals surface area contributed by atoms with Crippen LogP contribution in [0, 0.1) is 5.92 Å². The van der Waals surface area contributed by atoms with Gasteiger partial charge in [-0.3, -0.25) is 9.59 Å². The standard InChI is InChI=1S/C18H22N4O2S/c1-21-15-10-22(18(24)13-6-8-25-11-13)7-5-14(15)20-16(21)9-19-17(23)12-3-2-4-12/h6,8,11-12H,2-5,7,9-10H2,1H3,(H,19,23). The predicted octanol–water partition coefficient (Wildman–Crippen LogP) is 2.10. The fraction of sp³-hybridized carbons (Fsp3) is 0.500. The van der Waals surface area contributed by atoms with Gasteiger partial charge in [0.1, 0.15) is 5.82 Å².